The van der Waals surface area contributed by atoms with E-state index in [1.165, 1.54) is 12.1 Å². The molecule has 2 fully saturated rings. The Hall–Kier alpha value is -3.44. The molecule has 0 unspecified atom stereocenters. The van der Waals surface area contributed by atoms with Gasteiger partial charge in [-0.05, 0) is 55.7 Å². The van der Waals surface area contributed by atoms with Gasteiger partial charge < -0.3 is 20.0 Å². The molecular formula is C27H33ClN6O4S. The molecule has 0 aliphatic carbocycles. The number of nitro groups is 1. The second-order valence-electron chi connectivity index (χ2n) is 10.0. The topological polar surface area (TPSA) is 111 Å². The monoisotopic (exact) mass is 572 g/mol. The van der Waals surface area contributed by atoms with Crippen molar-refractivity contribution in [1.29, 1.82) is 0 Å². The normalized spacial score (nSPS) is 15.7. The number of carbonyl (C=O) groups is 2. The van der Waals surface area contributed by atoms with Gasteiger partial charge in [0.15, 0.2) is 5.11 Å². The number of nitrogens with one attached hydrogen (secondary N) is 2. The second-order valence-corrected chi connectivity index (χ2v) is 10.9. The van der Waals surface area contributed by atoms with E-state index in [0.29, 0.717) is 42.6 Å². The van der Waals surface area contributed by atoms with Gasteiger partial charge in [-0.15, -0.1) is 0 Å². The molecule has 0 spiro atoms. The zero-order valence-electron chi connectivity index (χ0n) is 22.1. The number of amides is 2. The number of nitrogens with zero attached hydrogens (tertiary/aromatic N) is 4. The van der Waals surface area contributed by atoms with Gasteiger partial charge in [-0.1, -0.05) is 25.4 Å². The van der Waals surface area contributed by atoms with E-state index in [1.807, 2.05) is 24.8 Å². The summed E-state index contributed by atoms with van der Waals surface area (Å²) in [6, 6.07) is 9.74. The summed E-state index contributed by atoms with van der Waals surface area (Å²) in [6.07, 6.45) is 3.11. The number of carbonyl (C=O) groups excluding carboxylic acids is 2. The van der Waals surface area contributed by atoms with E-state index in [1.54, 1.807) is 18.2 Å². The molecule has 2 amide bonds. The molecule has 0 saturated carbocycles. The molecule has 12 heteroatoms. The zero-order chi connectivity index (χ0) is 28.1. The van der Waals surface area contributed by atoms with Crippen LogP contribution in [-0.4, -0.2) is 66.0 Å². The minimum absolute atomic E-state index is 0.0493. The summed E-state index contributed by atoms with van der Waals surface area (Å²) in [7, 11) is 0. The fourth-order valence-corrected chi connectivity index (χ4v) is 5.35. The highest BCUT2D eigenvalue weighted by atomic mass is 35.5. The Morgan fingerprint density at radius 2 is 1.59 bits per heavy atom. The van der Waals surface area contributed by atoms with Crippen LogP contribution in [0, 0.1) is 16.0 Å². The molecule has 39 heavy (non-hydrogen) atoms. The maximum atomic E-state index is 13.3. The molecule has 2 aliphatic rings. The molecule has 0 radical (unpaired) electrons. The van der Waals surface area contributed by atoms with Crippen LogP contribution in [0.1, 0.15) is 43.5 Å². The molecule has 4 rings (SSSR count). The molecule has 0 atom stereocenters. The summed E-state index contributed by atoms with van der Waals surface area (Å²) in [4.78, 5) is 42.7. The highest BCUT2D eigenvalue weighted by Gasteiger charge is 2.25. The van der Waals surface area contributed by atoms with E-state index < -0.39 is 10.8 Å². The van der Waals surface area contributed by atoms with Crippen molar-refractivity contribution < 1.29 is 14.5 Å². The number of halogens is 1. The molecule has 2 N–H and O–H groups in total. The Kier molecular flexibility index (Phi) is 9.24. The number of non-ortho nitro benzene ring substituents is 1. The van der Waals surface area contributed by atoms with Crippen LogP contribution in [0.5, 0.6) is 0 Å². The molecule has 2 aromatic rings. The SMILES string of the molecule is CC(C)C(=O)N1CCN(c2ccc(Cl)cc2NC(=S)NC(=O)c2cc([N+](=O)[O-])ccc2N2CCCCC2)CC1. The Labute approximate surface area is 238 Å². The number of hydrogen-bond donors (Lipinski definition) is 2. The minimum atomic E-state index is -0.527. The van der Waals surface area contributed by atoms with Crippen LogP contribution in [0.15, 0.2) is 36.4 Å². The van der Waals surface area contributed by atoms with Crippen molar-refractivity contribution >= 4 is 63.5 Å². The van der Waals surface area contributed by atoms with Crippen molar-refractivity contribution in [2.24, 2.45) is 5.92 Å². The number of benzene rings is 2. The summed E-state index contributed by atoms with van der Waals surface area (Å²) in [5.41, 5.74) is 2.15. The van der Waals surface area contributed by atoms with Crippen molar-refractivity contribution in [3.05, 3.63) is 57.1 Å². The van der Waals surface area contributed by atoms with E-state index in [2.05, 4.69) is 20.4 Å². The molecule has 2 aromatic carbocycles. The lowest BCUT2D eigenvalue weighted by atomic mass is 10.1. The molecule has 2 saturated heterocycles. The first-order chi connectivity index (χ1) is 18.6. The number of anilines is 3. The van der Waals surface area contributed by atoms with Crippen LogP contribution in [0.2, 0.25) is 5.02 Å². The third-order valence-electron chi connectivity index (χ3n) is 6.99. The summed E-state index contributed by atoms with van der Waals surface area (Å²) in [5.74, 6) is -0.439. The largest absolute Gasteiger partial charge is 0.371 e. The van der Waals surface area contributed by atoms with E-state index in [4.69, 9.17) is 23.8 Å². The fourth-order valence-electron chi connectivity index (χ4n) is 4.97. The van der Waals surface area contributed by atoms with Gasteiger partial charge in [0.2, 0.25) is 5.91 Å². The molecule has 0 aromatic heterocycles. The van der Waals surface area contributed by atoms with Crippen molar-refractivity contribution in [2.75, 3.05) is 54.4 Å². The van der Waals surface area contributed by atoms with Crippen LogP contribution in [-0.2, 0) is 4.79 Å². The lowest BCUT2D eigenvalue weighted by Crippen LogP contribution is -2.50. The number of thiocarbonyl (C=S) groups is 1. The molecule has 2 aliphatic heterocycles. The predicted molar refractivity (Wildman–Crippen MR) is 158 cm³/mol. The first kappa shape index (κ1) is 28.6. The fraction of sp³-hybridized carbons (Fsp3) is 0.444. The highest BCUT2D eigenvalue weighted by Crippen LogP contribution is 2.31. The van der Waals surface area contributed by atoms with Crippen molar-refractivity contribution in [2.45, 2.75) is 33.1 Å². The summed E-state index contributed by atoms with van der Waals surface area (Å²) < 4.78 is 0. The van der Waals surface area contributed by atoms with Crippen LogP contribution in [0.3, 0.4) is 0 Å². The Morgan fingerprint density at radius 1 is 0.949 bits per heavy atom. The first-order valence-electron chi connectivity index (χ1n) is 13.1. The van der Waals surface area contributed by atoms with Crippen LogP contribution < -0.4 is 20.4 Å². The highest BCUT2D eigenvalue weighted by molar-refractivity contribution is 7.80. The van der Waals surface area contributed by atoms with Crippen LogP contribution in [0.25, 0.3) is 0 Å². The van der Waals surface area contributed by atoms with Crippen molar-refractivity contribution in [3.8, 4) is 0 Å². The van der Waals surface area contributed by atoms with Gasteiger partial charge in [-0.2, -0.15) is 0 Å². The zero-order valence-corrected chi connectivity index (χ0v) is 23.7. The van der Waals surface area contributed by atoms with E-state index in [0.717, 1.165) is 38.0 Å². The number of rotatable bonds is 6. The Balaban J connectivity index is 1.49. The lowest BCUT2D eigenvalue weighted by molar-refractivity contribution is -0.384. The van der Waals surface area contributed by atoms with Gasteiger partial charge in [0.05, 0.1) is 27.5 Å². The van der Waals surface area contributed by atoms with E-state index in [-0.39, 0.29) is 28.2 Å². The van der Waals surface area contributed by atoms with Gasteiger partial charge in [0, 0.05) is 62.3 Å². The minimum Gasteiger partial charge on any atom is -0.371 e. The average molecular weight is 573 g/mol. The van der Waals surface area contributed by atoms with Gasteiger partial charge in [-0.3, -0.25) is 25.0 Å². The number of hydrogen-bond acceptors (Lipinski definition) is 7. The van der Waals surface area contributed by atoms with E-state index in [9.17, 15) is 19.7 Å². The summed E-state index contributed by atoms with van der Waals surface area (Å²) >= 11 is 11.8. The smallest absolute Gasteiger partial charge is 0.270 e. The summed E-state index contributed by atoms with van der Waals surface area (Å²) in [6.45, 7) is 7.84. The Bertz CT molecular complexity index is 1260. The van der Waals surface area contributed by atoms with Crippen molar-refractivity contribution in [3.63, 3.8) is 0 Å². The molecule has 2 heterocycles. The van der Waals surface area contributed by atoms with Gasteiger partial charge in [-0.25, -0.2) is 0 Å². The number of nitro benzene ring substituents is 1. The maximum Gasteiger partial charge on any atom is 0.270 e. The third kappa shape index (κ3) is 6.96. The second kappa shape index (κ2) is 12.6. The number of piperazine rings is 1. The molecular weight excluding hydrogens is 540 g/mol. The predicted octanol–water partition coefficient (Wildman–Crippen LogP) is 4.67. The average Bonchev–Trinajstić information content (AvgIpc) is 2.93. The Morgan fingerprint density at radius 3 is 2.23 bits per heavy atom. The van der Waals surface area contributed by atoms with Gasteiger partial charge in [0.25, 0.3) is 11.6 Å². The van der Waals surface area contributed by atoms with Crippen LogP contribution in [0.4, 0.5) is 22.7 Å². The lowest BCUT2D eigenvalue weighted by Gasteiger charge is -2.37. The van der Waals surface area contributed by atoms with Gasteiger partial charge >= 0.3 is 0 Å². The van der Waals surface area contributed by atoms with Gasteiger partial charge in [0.1, 0.15) is 0 Å². The molecule has 208 valence electrons. The van der Waals surface area contributed by atoms with Crippen LogP contribution >= 0.6 is 23.8 Å². The standard InChI is InChI=1S/C27H33ClN6O4S/c1-18(2)26(36)33-14-12-32(13-15-33)24-8-6-19(28)16-22(24)29-27(39)30-25(35)21-17-20(34(37)38)7-9-23(21)31-10-4-3-5-11-31/h6-9,16-18H,3-5,10-15H2,1-2H3,(H2,29,30,35,39). The first-order valence-corrected chi connectivity index (χ1v) is 13.9. The van der Waals surface area contributed by atoms with Crippen molar-refractivity contribution in [1.82, 2.24) is 10.2 Å². The number of piperidine rings is 1. The molecule has 10 nitrogen and oxygen atoms in total. The maximum absolute atomic E-state index is 13.3. The third-order valence-corrected chi connectivity index (χ3v) is 7.43. The van der Waals surface area contributed by atoms with E-state index >= 15 is 0 Å². The summed E-state index contributed by atoms with van der Waals surface area (Å²) in [5, 5.41) is 17.7. The molecule has 0 bridgehead atoms. The quantitative estimate of drug-likeness (QED) is 0.292.